The molecule has 3 aromatic carbocycles. The van der Waals surface area contributed by atoms with Crippen molar-refractivity contribution in [3.05, 3.63) is 102 Å². The summed E-state index contributed by atoms with van der Waals surface area (Å²) in [5.74, 6) is -9.99. The average Bonchev–Trinajstić information content (AvgIpc) is 3.77. The summed E-state index contributed by atoms with van der Waals surface area (Å²) in [4.78, 5) is 128. The van der Waals surface area contributed by atoms with Crippen LogP contribution in [-0.2, 0) is 62.4 Å². The molecule has 24 heteroatoms. The number of carboxylic acid groups (broad SMARTS) is 2. The number of hydrogen-bond acceptors (Lipinski definition) is 14. The lowest BCUT2D eigenvalue weighted by Crippen LogP contribution is -2.63. The van der Waals surface area contributed by atoms with Gasteiger partial charge in [-0.05, 0) is 74.0 Å². The first-order chi connectivity index (χ1) is 35.6. The van der Waals surface area contributed by atoms with Crippen LogP contribution in [0.3, 0.4) is 0 Å². The molecule has 0 aliphatic carbocycles. The standard InChI is InChI=1S/C51H66N10O12S2/c1-27(2)41(50(72)73)60-48(70)39-26-74-75-51(3,4)42(61-43(65)33(53)24-40(63)64)49(71)58-37(21-28-11-6-5-7-12-28)45(67)57-38(23-30-25-54-34-14-9-8-13-32(30)34)47(69)55-35(15-10-20-52)44(66)56-36(46(68)59-39)22-29-16-18-31(62)19-17-29/h5-9,11-14,16-19,25,27,33,35-39,41-42,54,62H,10,15,20-24,26,52-53H2,1-4H3,(H,55,69)(H,56,66)(H,57,67)(H,58,71)(H,59,68)(H,60,70)(H,61,65)(H,63,64)(H,72,73). The molecular formula is C51H66N10O12S2. The van der Waals surface area contributed by atoms with Gasteiger partial charge in [0.2, 0.25) is 41.4 Å². The van der Waals surface area contributed by atoms with Crippen LogP contribution in [0.1, 0.15) is 63.6 Å². The van der Waals surface area contributed by atoms with Gasteiger partial charge in [-0.3, -0.25) is 38.4 Å². The topological polar surface area (TPSA) is 366 Å². The number of carbonyl (C=O) groups excluding carboxylic acids is 7. The predicted octanol–water partition coefficient (Wildman–Crippen LogP) is 0.750. The highest BCUT2D eigenvalue weighted by molar-refractivity contribution is 8.77. The van der Waals surface area contributed by atoms with E-state index in [1.54, 1.807) is 70.3 Å². The van der Waals surface area contributed by atoms with E-state index >= 15 is 0 Å². The number of fused-ring (bicyclic) bond motifs is 1. The Morgan fingerprint density at radius 1 is 0.733 bits per heavy atom. The van der Waals surface area contributed by atoms with Crippen LogP contribution in [0.25, 0.3) is 10.9 Å². The lowest BCUT2D eigenvalue weighted by molar-refractivity contribution is -0.143. The van der Waals surface area contributed by atoms with Crippen LogP contribution in [0.2, 0.25) is 0 Å². The van der Waals surface area contributed by atoms with Crippen molar-refractivity contribution >= 4 is 85.8 Å². The molecular weight excluding hydrogens is 1010 g/mol. The molecule has 0 saturated carbocycles. The maximum atomic E-state index is 14.8. The van der Waals surface area contributed by atoms with Crippen LogP contribution in [-0.4, -0.2) is 139 Å². The van der Waals surface area contributed by atoms with Gasteiger partial charge in [0.1, 0.15) is 48.0 Å². The van der Waals surface area contributed by atoms with Gasteiger partial charge in [-0.2, -0.15) is 0 Å². The van der Waals surface area contributed by atoms with Gasteiger partial charge in [-0.25, -0.2) is 4.79 Å². The Balaban J connectivity index is 1.66. The highest BCUT2D eigenvalue weighted by atomic mass is 33.1. The Morgan fingerprint density at radius 2 is 1.28 bits per heavy atom. The van der Waals surface area contributed by atoms with Gasteiger partial charge in [-0.1, -0.05) is 96.1 Å². The molecule has 1 fully saturated rings. The predicted molar refractivity (Wildman–Crippen MR) is 283 cm³/mol. The summed E-state index contributed by atoms with van der Waals surface area (Å²) in [5.41, 5.74) is 14.3. The monoisotopic (exact) mass is 1070 g/mol. The highest BCUT2D eigenvalue weighted by Gasteiger charge is 2.42. The van der Waals surface area contributed by atoms with E-state index < -0.39 is 119 Å². The van der Waals surface area contributed by atoms with E-state index in [1.165, 1.54) is 24.3 Å². The number of amides is 7. The van der Waals surface area contributed by atoms with E-state index in [1.807, 2.05) is 18.2 Å². The average molecular weight is 1080 g/mol. The molecule has 0 spiro atoms. The number of nitrogens with two attached hydrogens (primary N) is 2. The first kappa shape index (κ1) is 58.7. The number of nitrogens with one attached hydrogen (secondary N) is 8. The Labute approximate surface area is 441 Å². The molecule has 0 bridgehead atoms. The molecule has 1 aliphatic rings. The van der Waals surface area contributed by atoms with Crippen molar-refractivity contribution in [1.29, 1.82) is 0 Å². The van der Waals surface area contributed by atoms with Gasteiger partial charge < -0.3 is 69.0 Å². The number of benzene rings is 3. The number of aliphatic carboxylic acids is 2. The van der Waals surface area contributed by atoms with Crippen LogP contribution in [0.15, 0.2) is 85.1 Å². The Morgan fingerprint density at radius 3 is 1.88 bits per heavy atom. The summed E-state index contributed by atoms with van der Waals surface area (Å²) in [6.45, 7) is 6.34. The van der Waals surface area contributed by atoms with Gasteiger partial charge in [0.25, 0.3) is 0 Å². The molecule has 15 N–H and O–H groups in total. The Hall–Kier alpha value is -7.15. The van der Waals surface area contributed by atoms with Crippen molar-refractivity contribution in [2.75, 3.05) is 12.3 Å². The van der Waals surface area contributed by atoms with Crippen LogP contribution < -0.4 is 48.7 Å². The van der Waals surface area contributed by atoms with E-state index in [4.69, 9.17) is 11.5 Å². The number of hydrogen-bond donors (Lipinski definition) is 13. The highest BCUT2D eigenvalue weighted by Crippen LogP contribution is 2.39. The summed E-state index contributed by atoms with van der Waals surface area (Å²) in [6, 6.07) is 9.85. The first-order valence-electron chi connectivity index (χ1n) is 24.3. The second-order valence-corrected chi connectivity index (χ2v) is 22.0. The number of H-pyrrole nitrogens is 1. The molecule has 0 radical (unpaired) electrons. The molecule has 8 atom stereocenters. The van der Waals surface area contributed by atoms with Crippen molar-refractivity contribution in [3.8, 4) is 5.75 Å². The molecule has 1 aromatic heterocycles. The zero-order valence-electron chi connectivity index (χ0n) is 41.9. The van der Waals surface area contributed by atoms with Crippen molar-refractivity contribution in [2.24, 2.45) is 17.4 Å². The minimum Gasteiger partial charge on any atom is -0.508 e. The van der Waals surface area contributed by atoms with E-state index in [-0.39, 0.29) is 50.2 Å². The molecule has 1 aliphatic heterocycles. The summed E-state index contributed by atoms with van der Waals surface area (Å²) in [6.07, 6.45) is 0.590. The second kappa shape index (κ2) is 27.4. The molecule has 22 nitrogen and oxygen atoms in total. The number of para-hydroxylation sites is 1. The Kier molecular flexibility index (Phi) is 21.5. The smallest absolute Gasteiger partial charge is 0.326 e. The lowest BCUT2D eigenvalue weighted by atomic mass is 9.98. The van der Waals surface area contributed by atoms with Crippen LogP contribution >= 0.6 is 21.6 Å². The number of rotatable bonds is 17. The molecule has 75 heavy (non-hydrogen) atoms. The number of phenolic OH excluding ortho intramolecular Hbond substituents is 1. The van der Waals surface area contributed by atoms with Gasteiger partial charge in [0, 0.05) is 46.9 Å². The third-order valence-corrected chi connectivity index (χ3v) is 15.6. The first-order valence-corrected chi connectivity index (χ1v) is 26.6. The van der Waals surface area contributed by atoms with Crippen molar-refractivity contribution in [2.45, 2.75) is 119 Å². The second-order valence-electron chi connectivity index (χ2n) is 19.0. The van der Waals surface area contributed by atoms with Gasteiger partial charge in [0.05, 0.1) is 12.5 Å². The molecule has 2 heterocycles. The number of aromatic hydroxyl groups is 1. The van der Waals surface area contributed by atoms with Gasteiger partial charge in [0.15, 0.2) is 0 Å². The van der Waals surface area contributed by atoms with E-state index in [0.717, 1.165) is 32.5 Å². The zero-order chi connectivity index (χ0) is 55.0. The van der Waals surface area contributed by atoms with E-state index in [9.17, 15) is 58.5 Å². The summed E-state index contributed by atoms with van der Waals surface area (Å²) < 4.78 is -1.42. The fraction of sp³-hybridized carbons (Fsp3) is 0.431. The molecule has 5 rings (SSSR count). The Bertz CT molecular complexity index is 2670. The minimum absolute atomic E-state index is 0.0360. The largest absolute Gasteiger partial charge is 0.508 e. The third-order valence-electron chi connectivity index (χ3n) is 12.3. The van der Waals surface area contributed by atoms with Crippen LogP contribution in [0.5, 0.6) is 5.75 Å². The fourth-order valence-electron chi connectivity index (χ4n) is 8.14. The fourth-order valence-corrected chi connectivity index (χ4v) is 11.0. The molecule has 404 valence electrons. The maximum Gasteiger partial charge on any atom is 0.326 e. The third kappa shape index (κ3) is 17.2. The van der Waals surface area contributed by atoms with Gasteiger partial charge in [-0.15, -0.1) is 0 Å². The summed E-state index contributed by atoms with van der Waals surface area (Å²) >= 11 is 0. The molecule has 7 amide bonds. The normalized spacial score (nSPS) is 22.0. The van der Waals surface area contributed by atoms with Crippen molar-refractivity contribution in [3.63, 3.8) is 0 Å². The SMILES string of the molecule is CC(C)C(NC(=O)C1CSSC(C)(C)C(NC(=O)C(N)CC(=O)O)C(=O)NC(Cc2ccccc2)C(=O)NC(Cc2c[nH]c3ccccc23)C(=O)NC(CCCN)C(=O)NC(Cc2ccc(O)cc2)C(=O)N1)C(=O)O. The maximum absolute atomic E-state index is 14.8. The summed E-state index contributed by atoms with van der Waals surface area (Å²) in [5, 5.41) is 49.0. The van der Waals surface area contributed by atoms with E-state index in [0.29, 0.717) is 16.7 Å². The quantitative estimate of drug-likeness (QED) is 0.0649. The zero-order valence-corrected chi connectivity index (χ0v) is 43.6. The number of aromatic nitrogens is 1. The number of carboxylic acids is 2. The molecule has 8 unspecified atom stereocenters. The van der Waals surface area contributed by atoms with Crippen LogP contribution in [0, 0.1) is 5.92 Å². The van der Waals surface area contributed by atoms with Crippen molar-refractivity contribution < 1.29 is 58.5 Å². The minimum atomic E-state index is -1.62. The number of phenols is 1. The molecule has 4 aromatic rings. The molecule has 1 saturated heterocycles. The van der Waals surface area contributed by atoms with Crippen LogP contribution in [0.4, 0.5) is 0 Å². The number of carbonyl (C=O) groups is 9. The van der Waals surface area contributed by atoms with E-state index in [2.05, 4.69) is 42.2 Å². The lowest BCUT2D eigenvalue weighted by Gasteiger charge is -2.35. The van der Waals surface area contributed by atoms with Crippen molar-refractivity contribution in [1.82, 2.24) is 42.2 Å². The number of aromatic amines is 1. The summed E-state index contributed by atoms with van der Waals surface area (Å²) in [7, 11) is 1.91. The van der Waals surface area contributed by atoms with Gasteiger partial charge >= 0.3 is 11.9 Å².